The molecular weight excluding hydrogens is 238 g/mol. The van der Waals surface area contributed by atoms with Crippen LogP contribution in [0.3, 0.4) is 0 Å². The number of ether oxygens (including phenoxy) is 1. The van der Waals surface area contributed by atoms with Crippen molar-refractivity contribution in [1.82, 2.24) is 0 Å². The Morgan fingerprint density at radius 3 is 2.68 bits per heavy atom. The number of carbonyl (C=O) groups excluding carboxylic acids is 1. The lowest BCUT2D eigenvalue weighted by molar-refractivity contribution is -0.117. The second-order valence-corrected chi connectivity index (χ2v) is 4.64. The summed E-state index contributed by atoms with van der Waals surface area (Å²) >= 11 is 0. The molecule has 0 bridgehead atoms. The van der Waals surface area contributed by atoms with Crippen LogP contribution in [0.1, 0.15) is 11.1 Å². The predicted molar refractivity (Wildman–Crippen MR) is 74.3 cm³/mol. The average molecular weight is 253 g/mol. The highest BCUT2D eigenvalue weighted by molar-refractivity contribution is 6.01. The molecule has 0 aromatic heterocycles. The quantitative estimate of drug-likeness (QED) is 0.841. The fourth-order valence-electron chi connectivity index (χ4n) is 2.40. The largest absolute Gasteiger partial charge is 0.497 e. The van der Waals surface area contributed by atoms with Crippen LogP contribution in [0, 0.1) is 0 Å². The van der Waals surface area contributed by atoms with Crippen molar-refractivity contribution in [3.63, 3.8) is 0 Å². The van der Waals surface area contributed by atoms with Gasteiger partial charge in [-0.25, -0.2) is 0 Å². The van der Waals surface area contributed by atoms with E-state index in [1.807, 2.05) is 53.4 Å². The summed E-state index contributed by atoms with van der Waals surface area (Å²) in [5.74, 6) is 0.929. The van der Waals surface area contributed by atoms with Gasteiger partial charge in [0.15, 0.2) is 0 Å². The Labute approximate surface area is 112 Å². The van der Waals surface area contributed by atoms with Crippen molar-refractivity contribution < 1.29 is 9.53 Å². The number of amides is 1. The van der Waals surface area contributed by atoms with Gasteiger partial charge in [-0.05, 0) is 17.2 Å². The molecule has 1 amide bonds. The number of methoxy groups -OCH3 is 1. The van der Waals surface area contributed by atoms with Crippen LogP contribution in [-0.4, -0.2) is 13.0 Å². The van der Waals surface area contributed by atoms with E-state index in [1.165, 1.54) is 0 Å². The van der Waals surface area contributed by atoms with Crippen molar-refractivity contribution in [2.24, 2.45) is 0 Å². The van der Waals surface area contributed by atoms with Gasteiger partial charge in [0.1, 0.15) is 5.75 Å². The topological polar surface area (TPSA) is 29.5 Å². The molecule has 1 aliphatic rings. The SMILES string of the molecule is COc1ccc2c(c1)N(Cc1ccccc1)C(=O)C2. The molecule has 19 heavy (non-hydrogen) atoms. The van der Waals surface area contributed by atoms with Gasteiger partial charge in [0, 0.05) is 6.07 Å². The summed E-state index contributed by atoms with van der Waals surface area (Å²) in [4.78, 5) is 13.9. The summed E-state index contributed by atoms with van der Waals surface area (Å²) in [7, 11) is 1.64. The maximum atomic E-state index is 12.1. The van der Waals surface area contributed by atoms with E-state index in [1.54, 1.807) is 7.11 Å². The lowest BCUT2D eigenvalue weighted by Crippen LogP contribution is -2.25. The van der Waals surface area contributed by atoms with E-state index < -0.39 is 0 Å². The van der Waals surface area contributed by atoms with Crippen molar-refractivity contribution in [3.05, 3.63) is 59.7 Å². The Balaban J connectivity index is 1.93. The van der Waals surface area contributed by atoms with Crippen LogP contribution >= 0.6 is 0 Å². The lowest BCUT2D eigenvalue weighted by atomic mass is 10.1. The number of fused-ring (bicyclic) bond motifs is 1. The minimum absolute atomic E-state index is 0.145. The third-order valence-electron chi connectivity index (χ3n) is 3.41. The van der Waals surface area contributed by atoms with E-state index in [9.17, 15) is 4.79 Å². The molecule has 0 unspecified atom stereocenters. The van der Waals surface area contributed by atoms with Crippen LogP contribution in [0.25, 0.3) is 0 Å². The fourth-order valence-corrected chi connectivity index (χ4v) is 2.40. The third kappa shape index (κ3) is 2.19. The highest BCUT2D eigenvalue weighted by Crippen LogP contribution is 2.33. The van der Waals surface area contributed by atoms with Crippen molar-refractivity contribution in [2.45, 2.75) is 13.0 Å². The summed E-state index contributed by atoms with van der Waals surface area (Å²) in [6.07, 6.45) is 0.478. The molecule has 3 heteroatoms. The van der Waals surface area contributed by atoms with E-state index in [2.05, 4.69) is 0 Å². The van der Waals surface area contributed by atoms with Crippen LogP contribution in [0.5, 0.6) is 5.75 Å². The Kier molecular flexibility index (Phi) is 2.95. The van der Waals surface area contributed by atoms with Crippen LogP contribution in [0.4, 0.5) is 5.69 Å². The van der Waals surface area contributed by atoms with Crippen molar-refractivity contribution in [2.75, 3.05) is 12.0 Å². The van der Waals surface area contributed by atoms with Gasteiger partial charge < -0.3 is 9.64 Å². The standard InChI is InChI=1S/C16H15NO2/c1-19-14-8-7-13-9-16(18)17(15(13)10-14)11-12-5-3-2-4-6-12/h2-8,10H,9,11H2,1H3. The van der Waals surface area contributed by atoms with Crippen molar-refractivity contribution in [1.29, 1.82) is 0 Å². The number of hydrogen-bond acceptors (Lipinski definition) is 2. The molecule has 0 radical (unpaired) electrons. The van der Waals surface area contributed by atoms with E-state index in [0.29, 0.717) is 13.0 Å². The molecule has 0 N–H and O–H groups in total. The smallest absolute Gasteiger partial charge is 0.231 e. The molecule has 0 saturated carbocycles. The van der Waals surface area contributed by atoms with E-state index >= 15 is 0 Å². The first kappa shape index (κ1) is 11.8. The van der Waals surface area contributed by atoms with Crippen LogP contribution in [0.15, 0.2) is 48.5 Å². The molecular formula is C16H15NO2. The Morgan fingerprint density at radius 1 is 1.16 bits per heavy atom. The van der Waals surface area contributed by atoms with Gasteiger partial charge in [0.05, 0.1) is 25.8 Å². The minimum Gasteiger partial charge on any atom is -0.497 e. The van der Waals surface area contributed by atoms with Gasteiger partial charge in [0.2, 0.25) is 5.91 Å². The predicted octanol–water partition coefficient (Wildman–Crippen LogP) is 2.78. The first-order chi connectivity index (χ1) is 9.28. The monoisotopic (exact) mass is 253 g/mol. The number of hydrogen-bond donors (Lipinski definition) is 0. The Hall–Kier alpha value is -2.29. The molecule has 1 heterocycles. The summed E-state index contributed by atoms with van der Waals surface area (Å²) in [6.45, 7) is 0.611. The average Bonchev–Trinajstić information content (AvgIpc) is 2.76. The molecule has 0 fully saturated rings. The zero-order valence-corrected chi connectivity index (χ0v) is 10.8. The first-order valence-corrected chi connectivity index (χ1v) is 6.29. The third-order valence-corrected chi connectivity index (χ3v) is 3.41. The van der Waals surface area contributed by atoms with E-state index in [-0.39, 0.29) is 5.91 Å². The first-order valence-electron chi connectivity index (χ1n) is 6.29. The normalized spacial score (nSPS) is 13.5. The number of rotatable bonds is 3. The maximum absolute atomic E-state index is 12.1. The van der Waals surface area contributed by atoms with Crippen molar-refractivity contribution >= 4 is 11.6 Å². The molecule has 3 nitrogen and oxygen atoms in total. The van der Waals surface area contributed by atoms with Gasteiger partial charge in [-0.3, -0.25) is 4.79 Å². The fraction of sp³-hybridized carbons (Fsp3) is 0.188. The number of anilines is 1. The number of carbonyl (C=O) groups is 1. The molecule has 0 spiro atoms. The molecule has 0 aliphatic carbocycles. The van der Waals surface area contributed by atoms with Gasteiger partial charge in [-0.1, -0.05) is 36.4 Å². The van der Waals surface area contributed by atoms with Gasteiger partial charge in [0.25, 0.3) is 0 Å². The number of nitrogens with zero attached hydrogens (tertiary/aromatic N) is 1. The second-order valence-electron chi connectivity index (χ2n) is 4.64. The number of benzene rings is 2. The maximum Gasteiger partial charge on any atom is 0.231 e. The molecule has 0 atom stereocenters. The Bertz CT molecular complexity index is 607. The summed E-state index contributed by atoms with van der Waals surface area (Å²) in [6, 6.07) is 15.8. The van der Waals surface area contributed by atoms with Crippen LogP contribution < -0.4 is 9.64 Å². The molecule has 96 valence electrons. The highest BCUT2D eigenvalue weighted by Gasteiger charge is 2.27. The Morgan fingerprint density at radius 2 is 1.95 bits per heavy atom. The summed E-state index contributed by atoms with van der Waals surface area (Å²) in [5, 5.41) is 0. The van der Waals surface area contributed by atoms with Gasteiger partial charge in [-0.15, -0.1) is 0 Å². The van der Waals surface area contributed by atoms with Crippen LogP contribution in [0.2, 0.25) is 0 Å². The molecule has 0 saturated heterocycles. The van der Waals surface area contributed by atoms with Crippen LogP contribution in [-0.2, 0) is 17.8 Å². The summed E-state index contributed by atoms with van der Waals surface area (Å²) < 4.78 is 5.24. The zero-order valence-electron chi connectivity index (χ0n) is 10.8. The zero-order chi connectivity index (χ0) is 13.2. The van der Waals surface area contributed by atoms with E-state index in [0.717, 1.165) is 22.6 Å². The lowest BCUT2D eigenvalue weighted by Gasteiger charge is -2.18. The van der Waals surface area contributed by atoms with Gasteiger partial charge in [-0.2, -0.15) is 0 Å². The van der Waals surface area contributed by atoms with Crippen molar-refractivity contribution in [3.8, 4) is 5.75 Å². The molecule has 2 aromatic rings. The van der Waals surface area contributed by atoms with E-state index in [4.69, 9.17) is 4.74 Å². The molecule has 1 aliphatic heterocycles. The summed E-state index contributed by atoms with van der Waals surface area (Å²) in [5.41, 5.74) is 3.17. The van der Waals surface area contributed by atoms with Gasteiger partial charge >= 0.3 is 0 Å². The minimum atomic E-state index is 0.145. The highest BCUT2D eigenvalue weighted by atomic mass is 16.5. The molecule has 2 aromatic carbocycles. The molecule has 3 rings (SSSR count). The second kappa shape index (κ2) is 4.76.